The number of oxazole rings is 1. The van der Waals surface area contributed by atoms with Crippen LogP contribution in [-0.2, 0) is 0 Å². The van der Waals surface area contributed by atoms with Crippen LogP contribution in [0.25, 0.3) is 16.7 Å². The van der Waals surface area contributed by atoms with E-state index in [-0.39, 0.29) is 5.91 Å². The van der Waals surface area contributed by atoms with E-state index < -0.39 is 0 Å². The molecule has 28 heavy (non-hydrogen) atoms. The normalized spacial score (nSPS) is 15.3. The number of benzene rings is 1. The fraction of sp³-hybridized carbons (Fsp3) is 0.300. The number of amides is 1. The third-order valence-electron chi connectivity index (χ3n) is 5.05. The van der Waals surface area contributed by atoms with E-state index in [0.29, 0.717) is 36.9 Å². The summed E-state index contributed by atoms with van der Waals surface area (Å²) in [7, 11) is 0. The summed E-state index contributed by atoms with van der Waals surface area (Å²) in [6, 6.07) is 8.35. The zero-order valence-corrected chi connectivity index (χ0v) is 15.6. The molecule has 0 aliphatic carbocycles. The standard InChI is InChI=1S/C20H20N6O2/c1-14-11-21-18-15(12-22-26(18)13-14)19(27)24-7-4-8-25(10-9-24)20-23-16-5-2-3-6-17(16)28-20/h2-3,5-6,11-13H,4,7-10H2,1H3. The molecule has 1 amide bonds. The molecule has 1 aromatic carbocycles. The highest BCUT2D eigenvalue weighted by Crippen LogP contribution is 2.23. The lowest BCUT2D eigenvalue weighted by atomic mass is 10.2. The van der Waals surface area contributed by atoms with Gasteiger partial charge in [0, 0.05) is 38.6 Å². The third-order valence-corrected chi connectivity index (χ3v) is 5.05. The van der Waals surface area contributed by atoms with Crippen LogP contribution in [-0.4, -0.2) is 56.6 Å². The summed E-state index contributed by atoms with van der Waals surface area (Å²) in [4.78, 5) is 26.0. The van der Waals surface area contributed by atoms with Crippen LogP contribution < -0.4 is 4.90 Å². The Morgan fingerprint density at radius 3 is 2.89 bits per heavy atom. The Morgan fingerprint density at radius 1 is 1.11 bits per heavy atom. The van der Waals surface area contributed by atoms with Gasteiger partial charge in [-0.05, 0) is 31.0 Å². The van der Waals surface area contributed by atoms with Crippen molar-refractivity contribution in [3.8, 4) is 0 Å². The van der Waals surface area contributed by atoms with E-state index in [0.717, 1.165) is 29.6 Å². The maximum Gasteiger partial charge on any atom is 0.298 e. The molecule has 8 heteroatoms. The smallest absolute Gasteiger partial charge is 0.298 e. The number of aromatic nitrogens is 4. The van der Waals surface area contributed by atoms with E-state index in [9.17, 15) is 4.79 Å². The maximum atomic E-state index is 13.1. The Kier molecular flexibility index (Phi) is 3.96. The van der Waals surface area contributed by atoms with Gasteiger partial charge in [0.2, 0.25) is 0 Å². The van der Waals surface area contributed by atoms with E-state index in [1.807, 2.05) is 42.3 Å². The number of carbonyl (C=O) groups is 1. The summed E-state index contributed by atoms with van der Waals surface area (Å²) >= 11 is 0. The van der Waals surface area contributed by atoms with Crippen LogP contribution in [0.15, 0.2) is 47.3 Å². The Labute approximate surface area is 161 Å². The fourth-order valence-electron chi connectivity index (χ4n) is 3.60. The van der Waals surface area contributed by atoms with Crippen LogP contribution in [0.2, 0.25) is 0 Å². The van der Waals surface area contributed by atoms with E-state index in [2.05, 4.69) is 20.0 Å². The minimum absolute atomic E-state index is 0.0363. The first-order valence-electron chi connectivity index (χ1n) is 9.39. The summed E-state index contributed by atoms with van der Waals surface area (Å²) in [5.41, 5.74) is 3.76. The molecule has 4 aromatic rings. The highest BCUT2D eigenvalue weighted by Gasteiger charge is 2.25. The van der Waals surface area contributed by atoms with E-state index in [1.165, 1.54) is 0 Å². The number of anilines is 1. The monoisotopic (exact) mass is 376 g/mol. The quantitative estimate of drug-likeness (QED) is 0.535. The summed E-state index contributed by atoms with van der Waals surface area (Å²) in [5.74, 6) is -0.0363. The van der Waals surface area contributed by atoms with Crippen LogP contribution >= 0.6 is 0 Å². The number of hydrogen-bond donors (Lipinski definition) is 0. The van der Waals surface area contributed by atoms with E-state index in [4.69, 9.17) is 4.42 Å². The topological polar surface area (TPSA) is 79.8 Å². The first kappa shape index (κ1) is 16.7. The minimum Gasteiger partial charge on any atom is -0.423 e. The molecule has 0 atom stereocenters. The lowest BCUT2D eigenvalue weighted by Gasteiger charge is -2.20. The molecule has 1 aliphatic heterocycles. The molecule has 8 nitrogen and oxygen atoms in total. The van der Waals surface area contributed by atoms with Crippen LogP contribution in [0, 0.1) is 6.92 Å². The van der Waals surface area contributed by atoms with Gasteiger partial charge in [0.15, 0.2) is 11.2 Å². The van der Waals surface area contributed by atoms with Gasteiger partial charge in [0.05, 0.1) is 6.20 Å². The third kappa shape index (κ3) is 2.87. The van der Waals surface area contributed by atoms with Crippen molar-refractivity contribution in [1.82, 2.24) is 24.5 Å². The minimum atomic E-state index is -0.0363. The van der Waals surface area contributed by atoms with E-state index in [1.54, 1.807) is 16.9 Å². The zero-order valence-electron chi connectivity index (χ0n) is 15.6. The molecule has 0 N–H and O–H groups in total. The highest BCUT2D eigenvalue weighted by molar-refractivity contribution is 5.99. The number of hydrogen-bond acceptors (Lipinski definition) is 6. The molecule has 0 unspecified atom stereocenters. The molecule has 3 aromatic heterocycles. The molecule has 0 bridgehead atoms. The predicted octanol–water partition coefficient (Wildman–Crippen LogP) is 2.53. The van der Waals surface area contributed by atoms with Crippen LogP contribution in [0.4, 0.5) is 6.01 Å². The first-order valence-corrected chi connectivity index (χ1v) is 9.39. The molecule has 1 fully saturated rings. The zero-order chi connectivity index (χ0) is 19.1. The molecule has 0 radical (unpaired) electrons. The number of para-hydroxylation sites is 2. The summed E-state index contributed by atoms with van der Waals surface area (Å²) in [5, 5.41) is 4.28. The van der Waals surface area contributed by atoms with Gasteiger partial charge in [-0.25, -0.2) is 9.50 Å². The van der Waals surface area contributed by atoms with Gasteiger partial charge in [-0.3, -0.25) is 4.79 Å². The molecular weight excluding hydrogens is 356 g/mol. The van der Waals surface area contributed by atoms with Crippen molar-refractivity contribution in [2.75, 3.05) is 31.1 Å². The highest BCUT2D eigenvalue weighted by atomic mass is 16.4. The van der Waals surface area contributed by atoms with Gasteiger partial charge in [-0.2, -0.15) is 10.1 Å². The fourth-order valence-corrected chi connectivity index (χ4v) is 3.60. The van der Waals surface area contributed by atoms with Gasteiger partial charge >= 0.3 is 0 Å². The van der Waals surface area contributed by atoms with Crippen molar-refractivity contribution in [3.05, 3.63) is 54.0 Å². The number of aryl methyl sites for hydroxylation is 1. The number of fused-ring (bicyclic) bond motifs is 2. The van der Waals surface area contributed by atoms with Gasteiger partial charge in [-0.15, -0.1) is 0 Å². The SMILES string of the molecule is Cc1cnc2c(C(=O)N3CCCN(c4nc5ccccc5o4)CC3)cnn2c1. The van der Waals surface area contributed by atoms with Crippen molar-refractivity contribution < 1.29 is 9.21 Å². The summed E-state index contributed by atoms with van der Waals surface area (Å²) in [6.07, 6.45) is 6.07. The van der Waals surface area contributed by atoms with Crippen LogP contribution in [0.3, 0.4) is 0 Å². The Bertz CT molecular complexity index is 1130. The molecule has 1 saturated heterocycles. The average Bonchev–Trinajstić information content (AvgIpc) is 3.23. The summed E-state index contributed by atoms with van der Waals surface area (Å²) < 4.78 is 7.55. The van der Waals surface area contributed by atoms with Crippen LogP contribution in [0.1, 0.15) is 22.3 Å². The summed E-state index contributed by atoms with van der Waals surface area (Å²) in [6.45, 7) is 4.69. The molecule has 142 valence electrons. The molecule has 5 rings (SSSR count). The van der Waals surface area contributed by atoms with Gasteiger partial charge in [0.1, 0.15) is 11.1 Å². The lowest BCUT2D eigenvalue weighted by molar-refractivity contribution is 0.0768. The van der Waals surface area contributed by atoms with Crippen molar-refractivity contribution in [2.24, 2.45) is 0 Å². The molecular formula is C20H20N6O2. The van der Waals surface area contributed by atoms with Crippen molar-refractivity contribution in [3.63, 3.8) is 0 Å². The van der Waals surface area contributed by atoms with Gasteiger partial charge in [-0.1, -0.05) is 12.1 Å². The second-order valence-electron chi connectivity index (χ2n) is 7.05. The van der Waals surface area contributed by atoms with Crippen LogP contribution in [0.5, 0.6) is 0 Å². The average molecular weight is 376 g/mol. The maximum absolute atomic E-state index is 13.1. The Morgan fingerprint density at radius 2 is 2.00 bits per heavy atom. The molecule has 0 spiro atoms. The largest absolute Gasteiger partial charge is 0.423 e. The molecule has 1 aliphatic rings. The number of rotatable bonds is 2. The van der Waals surface area contributed by atoms with Crippen molar-refractivity contribution in [2.45, 2.75) is 13.3 Å². The lowest BCUT2D eigenvalue weighted by Crippen LogP contribution is -2.35. The van der Waals surface area contributed by atoms with Crippen molar-refractivity contribution >= 4 is 28.7 Å². The number of nitrogens with zero attached hydrogens (tertiary/aromatic N) is 6. The van der Waals surface area contributed by atoms with E-state index >= 15 is 0 Å². The first-order chi connectivity index (χ1) is 13.7. The van der Waals surface area contributed by atoms with Gasteiger partial charge in [0.25, 0.3) is 11.9 Å². The molecule has 4 heterocycles. The second-order valence-corrected chi connectivity index (χ2v) is 7.05. The number of carbonyl (C=O) groups excluding carboxylic acids is 1. The second kappa shape index (κ2) is 6.63. The van der Waals surface area contributed by atoms with Crippen molar-refractivity contribution in [1.29, 1.82) is 0 Å². The Balaban J connectivity index is 1.35. The predicted molar refractivity (Wildman–Crippen MR) is 104 cm³/mol. The molecule has 0 saturated carbocycles. The Hall–Kier alpha value is -3.42. The van der Waals surface area contributed by atoms with Gasteiger partial charge < -0.3 is 14.2 Å².